The minimum absolute atomic E-state index is 0.545. The van der Waals surface area contributed by atoms with Gasteiger partial charge in [-0.25, -0.2) is 0 Å². The molecule has 2 fully saturated rings. The molecule has 1 heteroatoms. The monoisotopic (exact) mass is 177 g/mol. The van der Waals surface area contributed by atoms with Crippen molar-refractivity contribution in [3.05, 3.63) is 19.1 Å². The summed E-state index contributed by atoms with van der Waals surface area (Å²) in [5.41, 5.74) is 0. The quantitative estimate of drug-likeness (QED) is 0.589. The lowest BCUT2D eigenvalue weighted by molar-refractivity contribution is 0.00608. The first-order valence-electron chi connectivity index (χ1n) is 5.47. The van der Waals surface area contributed by atoms with Gasteiger partial charge in [-0.1, -0.05) is 12.2 Å². The maximum Gasteiger partial charge on any atom is 0.0609 e. The molecule has 0 aromatic carbocycles. The number of ether oxygens (including phenoxy) is 1. The van der Waals surface area contributed by atoms with Gasteiger partial charge in [0.1, 0.15) is 0 Å². The van der Waals surface area contributed by atoms with E-state index < -0.39 is 0 Å². The highest BCUT2D eigenvalue weighted by Crippen LogP contribution is 2.57. The second kappa shape index (κ2) is 2.84. The Morgan fingerprint density at radius 2 is 2.23 bits per heavy atom. The zero-order valence-corrected chi connectivity index (χ0v) is 7.99. The molecule has 0 N–H and O–H groups in total. The fraction of sp³-hybridized carbons (Fsp3) is 0.750. The van der Waals surface area contributed by atoms with Gasteiger partial charge >= 0.3 is 0 Å². The fourth-order valence-corrected chi connectivity index (χ4v) is 3.84. The van der Waals surface area contributed by atoms with Crippen molar-refractivity contribution in [2.45, 2.75) is 25.4 Å². The summed E-state index contributed by atoms with van der Waals surface area (Å²) in [6.45, 7) is 4.43. The lowest BCUT2D eigenvalue weighted by Crippen LogP contribution is -2.30. The highest BCUT2D eigenvalue weighted by Gasteiger charge is 2.52. The van der Waals surface area contributed by atoms with Crippen molar-refractivity contribution in [2.75, 3.05) is 6.61 Å². The molecule has 3 aliphatic carbocycles. The number of rotatable bonds is 2. The maximum absolute atomic E-state index is 5.71. The van der Waals surface area contributed by atoms with Crippen molar-refractivity contribution in [1.82, 2.24) is 0 Å². The van der Waals surface area contributed by atoms with Crippen LogP contribution < -0.4 is 0 Å². The minimum Gasteiger partial charge on any atom is -0.378 e. The second-order valence-corrected chi connectivity index (χ2v) is 4.71. The minimum atomic E-state index is 0.545. The van der Waals surface area contributed by atoms with E-state index >= 15 is 0 Å². The normalized spacial score (nSPS) is 51.6. The molecule has 0 saturated heterocycles. The largest absolute Gasteiger partial charge is 0.378 e. The third-order valence-corrected chi connectivity index (χ3v) is 4.27. The summed E-state index contributed by atoms with van der Waals surface area (Å²) >= 11 is 0. The highest BCUT2D eigenvalue weighted by molar-refractivity contribution is 5.14. The van der Waals surface area contributed by atoms with Gasteiger partial charge in [-0.05, 0) is 49.9 Å². The Labute approximate surface area is 80.2 Å². The molecule has 0 aromatic heterocycles. The van der Waals surface area contributed by atoms with E-state index in [1.165, 1.54) is 19.3 Å². The number of hydrogen-bond acceptors (Lipinski definition) is 1. The first kappa shape index (κ1) is 8.05. The third kappa shape index (κ3) is 1.03. The molecule has 0 heterocycles. The van der Waals surface area contributed by atoms with Crippen molar-refractivity contribution in [2.24, 2.45) is 23.7 Å². The average molecular weight is 177 g/mol. The zero-order valence-electron chi connectivity index (χ0n) is 7.99. The van der Waals surface area contributed by atoms with E-state index in [9.17, 15) is 0 Å². The van der Waals surface area contributed by atoms with Crippen LogP contribution in [0.15, 0.2) is 12.2 Å². The van der Waals surface area contributed by atoms with Crippen molar-refractivity contribution in [3.8, 4) is 0 Å². The lowest BCUT2D eigenvalue weighted by Gasteiger charge is -2.31. The number of hydrogen-bond donors (Lipinski definition) is 0. The van der Waals surface area contributed by atoms with E-state index in [1.54, 1.807) is 0 Å². The van der Waals surface area contributed by atoms with Gasteiger partial charge in [0.15, 0.2) is 0 Å². The summed E-state index contributed by atoms with van der Waals surface area (Å²) in [5.74, 6) is 3.63. The molecule has 0 aromatic rings. The van der Waals surface area contributed by atoms with Crippen LogP contribution in [0, 0.1) is 30.6 Å². The molecule has 1 radical (unpaired) electrons. The number of allylic oxidation sites excluding steroid dienone is 2. The van der Waals surface area contributed by atoms with Gasteiger partial charge < -0.3 is 4.74 Å². The predicted octanol–water partition coefficient (Wildman–Crippen LogP) is 2.44. The summed E-state index contributed by atoms with van der Waals surface area (Å²) in [4.78, 5) is 0. The molecule has 0 aliphatic heterocycles. The Morgan fingerprint density at radius 1 is 1.31 bits per heavy atom. The van der Waals surface area contributed by atoms with Crippen molar-refractivity contribution >= 4 is 0 Å². The fourth-order valence-electron chi connectivity index (χ4n) is 3.84. The van der Waals surface area contributed by atoms with E-state index in [0.29, 0.717) is 12.7 Å². The Morgan fingerprint density at radius 3 is 3.08 bits per heavy atom. The van der Waals surface area contributed by atoms with Crippen molar-refractivity contribution < 1.29 is 4.74 Å². The van der Waals surface area contributed by atoms with Crippen LogP contribution in [0.25, 0.3) is 0 Å². The van der Waals surface area contributed by atoms with Crippen LogP contribution in [0.5, 0.6) is 0 Å². The van der Waals surface area contributed by atoms with Crippen LogP contribution in [0.1, 0.15) is 19.3 Å². The second-order valence-electron chi connectivity index (χ2n) is 4.71. The Balaban J connectivity index is 1.76. The SMILES string of the molecule is [CH2]COC1CC2CC1C1CC=CC21. The maximum atomic E-state index is 5.71. The molecule has 5 atom stereocenters. The molecular weight excluding hydrogens is 160 g/mol. The molecule has 0 amide bonds. The zero-order chi connectivity index (χ0) is 8.84. The Kier molecular flexibility index (Phi) is 1.76. The summed E-state index contributed by atoms with van der Waals surface area (Å²) < 4.78 is 5.71. The summed E-state index contributed by atoms with van der Waals surface area (Å²) in [5, 5.41) is 0. The molecule has 1 nitrogen and oxygen atoms in total. The van der Waals surface area contributed by atoms with Crippen molar-refractivity contribution in [3.63, 3.8) is 0 Å². The van der Waals surface area contributed by atoms with E-state index in [2.05, 4.69) is 19.1 Å². The lowest BCUT2D eigenvalue weighted by atomic mass is 9.80. The predicted molar refractivity (Wildman–Crippen MR) is 52.0 cm³/mol. The van der Waals surface area contributed by atoms with Gasteiger partial charge in [-0.15, -0.1) is 0 Å². The van der Waals surface area contributed by atoms with Gasteiger partial charge in [0, 0.05) is 6.61 Å². The van der Waals surface area contributed by atoms with E-state index in [-0.39, 0.29) is 0 Å². The van der Waals surface area contributed by atoms with Crippen LogP contribution in [-0.2, 0) is 4.74 Å². The Hall–Kier alpha value is -0.300. The van der Waals surface area contributed by atoms with Gasteiger partial charge in [0.05, 0.1) is 6.10 Å². The standard InChI is InChI=1S/C12H17O/c1-2-13-12-7-8-6-11(12)10-5-3-4-9(8)10/h3-4,8-12H,1-2,5-7H2. The molecule has 5 unspecified atom stereocenters. The van der Waals surface area contributed by atoms with Crippen LogP contribution in [-0.4, -0.2) is 12.7 Å². The van der Waals surface area contributed by atoms with Crippen molar-refractivity contribution in [1.29, 1.82) is 0 Å². The third-order valence-electron chi connectivity index (χ3n) is 4.27. The van der Waals surface area contributed by atoms with Gasteiger partial charge in [-0.2, -0.15) is 0 Å². The molecule has 71 valence electrons. The topological polar surface area (TPSA) is 9.23 Å². The van der Waals surface area contributed by atoms with Crippen LogP contribution in [0.4, 0.5) is 0 Å². The van der Waals surface area contributed by atoms with E-state index in [1.807, 2.05) is 0 Å². The van der Waals surface area contributed by atoms with Crippen LogP contribution >= 0.6 is 0 Å². The average Bonchev–Trinajstić information content (AvgIpc) is 2.72. The Bertz CT molecular complexity index is 233. The molecule has 2 bridgehead atoms. The first-order valence-corrected chi connectivity index (χ1v) is 5.47. The van der Waals surface area contributed by atoms with Crippen LogP contribution in [0.3, 0.4) is 0 Å². The molecular formula is C12H17O. The van der Waals surface area contributed by atoms with E-state index in [4.69, 9.17) is 4.74 Å². The van der Waals surface area contributed by atoms with E-state index in [0.717, 1.165) is 23.7 Å². The summed E-state index contributed by atoms with van der Waals surface area (Å²) in [6.07, 6.45) is 9.40. The van der Waals surface area contributed by atoms with Gasteiger partial charge in [0.2, 0.25) is 0 Å². The molecule has 3 aliphatic rings. The smallest absolute Gasteiger partial charge is 0.0609 e. The van der Waals surface area contributed by atoms with Gasteiger partial charge in [-0.3, -0.25) is 0 Å². The van der Waals surface area contributed by atoms with Gasteiger partial charge in [0.25, 0.3) is 0 Å². The number of fused-ring (bicyclic) bond motifs is 5. The molecule has 3 rings (SSSR count). The molecule has 0 spiro atoms. The first-order chi connectivity index (χ1) is 6.40. The highest BCUT2D eigenvalue weighted by atomic mass is 16.5. The summed E-state index contributed by atoms with van der Waals surface area (Å²) in [7, 11) is 0. The molecule has 2 saturated carbocycles. The molecule has 13 heavy (non-hydrogen) atoms. The van der Waals surface area contributed by atoms with Crippen LogP contribution in [0.2, 0.25) is 0 Å². The summed E-state index contributed by atoms with van der Waals surface area (Å²) in [6, 6.07) is 0.